The van der Waals surface area contributed by atoms with Crippen molar-refractivity contribution in [1.29, 1.82) is 0 Å². The first-order valence-corrected chi connectivity index (χ1v) is 12.3. The van der Waals surface area contributed by atoms with E-state index >= 15 is 0 Å². The van der Waals surface area contributed by atoms with Crippen molar-refractivity contribution < 1.29 is 8.39 Å². The molecule has 0 aliphatic heterocycles. The summed E-state index contributed by atoms with van der Waals surface area (Å²) in [7, 11) is 0.706. The van der Waals surface area contributed by atoms with E-state index in [-0.39, 0.29) is 6.04 Å². The van der Waals surface area contributed by atoms with Gasteiger partial charge in [0.2, 0.25) is 0 Å². The Kier molecular flexibility index (Phi) is 4.95. The fourth-order valence-electron chi connectivity index (χ4n) is 4.58. The molecule has 0 fully saturated rings. The first-order chi connectivity index (χ1) is 16.2. The summed E-state index contributed by atoms with van der Waals surface area (Å²) in [5.41, 5.74) is 2.96. The number of hydrogen-bond acceptors (Lipinski definition) is 3. The van der Waals surface area contributed by atoms with Crippen molar-refractivity contribution in [2.45, 2.75) is 13.0 Å². The van der Waals surface area contributed by atoms with Crippen LogP contribution in [0.5, 0.6) is 0 Å². The molecule has 0 aliphatic rings. The Morgan fingerprint density at radius 3 is 1.64 bits per heavy atom. The van der Waals surface area contributed by atoms with Crippen LogP contribution in [0, 0.1) is 0 Å². The molecule has 0 radical (unpaired) electrons. The third kappa shape index (κ3) is 3.41. The summed E-state index contributed by atoms with van der Waals surface area (Å²) >= 11 is 0. The molecule has 1 heterocycles. The third-order valence-electron chi connectivity index (χ3n) is 6.48. The minimum atomic E-state index is -1.37. The number of rotatable bonds is 3. The van der Waals surface area contributed by atoms with Crippen molar-refractivity contribution in [3.63, 3.8) is 0 Å². The van der Waals surface area contributed by atoms with Crippen LogP contribution >= 0.6 is 8.16 Å². The van der Waals surface area contributed by atoms with Crippen molar-refractivity contribution in [3.05, 3.63) is 109 Å². The van der Waals surface area contributed by atoms with Gasteiger partial charge in [0.15, 0.2) is 0 Å². The molecule has 4 heteroatoms. The van der Waals surface area contributed by atoms with Gasteiger partial charge in [-0.3, -0.25) is 0 Å². The zero-order valence-electron chi connectivity index (χ0n) is 18.6. The van der Waals surface area contributed by atoms with Crippen LogP contribution in [0.15, 0.2) is 112 Å². The largest absolute Gasteiger partial charge is 0.408 e. The maximum atomic E-state index is 6.67. The smallest absolute Gasteiger partial charge is 0.309 e. The molecule has 0 saturated heterocycles. The Bertz CT molecular complexity index is 1560. The first-order valence-electron chi connectivity index (χ1n) is 11.2. The van der Waals surface area contributed by atoms with Gasteiger partial charge in [-0.25, -0.2) is 0 Å². The van der Waals surface area contributed by atoms with E-state index in [9.17, 15) is 0 Å². The lowest BCUT2D eigenvalue weighted by Crippen LogP contribution is -2.17. The lowest BCUT2D eigenvalue weighted by atomic mass is 9.99. The molecule has 0 unspecified atom stereocenters. The Balaban J connectivity index is 1.73. The summed E-state index contributed by atoms with van der Waals surface area (Å²) < 4.78 is 15.5. The van der Waals surface area contributed by atoms with Crippen LogP contribution in [0.2, 0.25) is 0 Å². The van der Waals surface area contributed by atoms with Gasteiger partial charge in [0, 0.05) is 23.9 Å². The van der Waals surface area contributed by atoms with Gasteiger partial charge in [-0.05, 0) is 46.2 Å². The minimum Gasteiger partial charge on any atom is -0.408 e. The second kappa shape index (κ2) is 8.12. The number of nitrogens with zero attached hydrogens (tertiary/aromatic N) is 1. The molecular formula is C29H24NO2P. The van der Waals surface area contributed by atoms with E-state index in [2.05, 4.69) is 116 Å². The SMILES string of the molecule is C[C@@H](c1ccccc1)N(C)p1oc2ccc3ccccc3c2c2c(ccc3ccccc32)o1. The highest BCUT2D eigenvalue weighted by molar-refractivity contribution is 7.38. The topological polar surface area (TPSA) is 29.5 Å². The van der Waals surface area contributed by atoms with Crippen LogP contribution in [-0.2, 0) is 0 Å². The van der Waals surface area contributed by atoms with Crippen molar-refractivity contribution in [1.82, 2.24) is 0 Å². The van der Waals surface area contributed by atoms with Gasteiger partial charge in [0.05, 0.1) is 0 Å². The molecule has 0 spiro atoms. The van der Waals surface area contributed by atoms with Gasteiger partial charge in [0.1, 0.15) is 11.2 Å². The molecule has 162 valence electrons. The molecule has 1 atom stereocenters. The fraction of sp³-hybridized carbons (Fsp3) is 0.103. The second-order valence-electron chi connectivity index (χ2n) is 8.40. The van der Waals surface area contributed by atoms with E-state index in [1.807, 2.05) is 6.07 Å². The Morgan fingerprint density at radius 1 is 0.606 bits per heavy atom. The van der Waals surface area contributed by atoms with E-state index in [0.717, 1.165) is 21.9 Å². The van der Waals surface area contributed by atoms with Gasteiger partial charge in [-0.1, -0.05) is 91.0 Å². The van der Waals surface area contributed by atoms with Gasteiger partial charge in [-0.2, -0.15) is 4.67 Å². The van der Waals surface area contributed by atoms with E-state index < -0.39 is 8.16 Å². The lowest BCUT2D eigenvalue weighted by molar-refractivity contribution is 0.612. The standard InChI is InChI=1S/C29H24NO2P/c1-20(21-10-4-3-5-11-21)30(2)33-31-26-18-16-22-12-6-8-14-24(22)28(26)29-25-15-9-7-13-23(25)17-19-27(29)32-33/h3-20H,1-2H3/t20-/m0/s1. The molecule has 0 bridgehead atoms. The van der Waals surface area contributed by atoms with Crippen LogP contribution in [0.1, 0.15) is 18.5 Å². The monoisotopic (exact) mass is 449 g/mol. The Hall–Kier alpha value is -3.52. The van der Waals surface area contributed by atoms with Crippen molar-refractivity contribution in [3.8, 4) is 0 Å². The Labute approximate surface area is 193 Å². The normalized spacial score (nSPS) is 12.7. The molecule has 1 aromatic heterocycles. The van der Waals surface area contributed by atoms with Crippen molar-refractivity contribution in [2.75, 3.05) is 11.7 Å². The number of benzene rings is 5. The number of hydrogen-bond donors (Lipinski definition) is 0. The van der Waals surface area contributed by atoms with Gasteiger partial charge < -0.3 is 8.39 Å². The summed E-state index contributed by atoms with van der Waals surface area (Å²) in [6, 6.07) is 36.1. The quantitative estimate of drug-likeness (QED) is 0.270. The molecule has 6 rings (SSSR count). The average Bonchev–Trinajstić information content (AvgIpc) is 3.05. The van der Waals surface area contributed by atoms with Gasteiger partial charge in [-0.15, -0.1) is 0 Å². The first kappa shape index (κ1) is 20.1. The minimum absolute atomic E-state index is 0.142. The van der Waals surface area contributed by atoms with Crippen molar-refractivity contribution in [2.24, 2.45) is 0 Å². The molecule has 0 saturated carbocycles. The summed E-state index contributed by atoms with van der Waals surface area (Å²) in [5, 5.41) is 6.93. The van der Waals surface area contributed by atoms with Crippen LogP contribution in [0.3, 0.4) is 0 Å². The highest BCUT2D eigenvalue weighted by Crippen LogP contribution is 2.43. The predicted octanol–water partition coefficient (Wildman–Crippen LogP) is 8.93. The van der Waals surface area contributed by atoms with Crippen LogP contribution in [0.25, 0.3) is 43.5 Å². The second-order valence-corrected chi connectivity index (χ2v) is 9.87. The summed E-state index contributed by atoms with van der Waals surface area (Å²) in [4.78, 5) is 0. The van der Waals surface area contributed by atoms with E-state index in [0.29, 0.717) is 0 Å². The summed E-state index contributed by atoms with van der Waals surface area (Å²) in [6.07, 6.45) is 0. The predicted molar refractivity (Wildman–Crippen MR) is 140 cm³/mol. The highest BCUT2D eigenvalue weighted by Gasteiger charge is 2.19. The summed E-state index contributed by atoms with van der Waals surface area (Å²) in [6.45, 7) is 2.19. The van der Waals surface area contributed by atoms with E-state index in [1.165, 1.54) is 27.1 Å². The maximum Gasteiger partial charge on any atom is 0.309 e. The highest BCUT2D eigenvalue weighted by atomic mass is 31.1. The summed E-state index contributed by atoms with van der Waals surface area (Å²) in [5.74, 6) is 0. The third-order valence-corrected chi connectivity index (χ3v) is 8.05. The zero-order chi connectivity index (χ0) is 22.4. The van der Waals surface area contributed by atoms with Crippen LogP contribution < -0.4 is 4.67 Å². The van der Waals surface area contributed by atoms with E-state index in [4.69, 9.17) is 8.39 Å². The molecule has 0 N–H and O–H groups in total. The lowest BCUT2D eigenvalue weighted by Gasteiger charge is -2.21. The zero-order valence-corrected chi connectivity index (χ0v) is 19.5. The average molecular weight is 449 g/mol. The molecular weight excluding hydrogens is 425 g/mol. The molecule has 0 amide bonds. The Morgan fingerprint density at radius 2 is 1.09 bits per heavy atom. The van der Waals surface area contributed by atoms with Crippen molar-refractivity contribution >= 4 is 51.6 Å². The maximum absolute atomic E-state index is 6.67. The van der Waals surface area contributed by atoms with Gasteiger partial charge in [0.25, 0.3) is 0 Å². The molecule has 3 nitrogen and oxygen atoms in total. The fourth-order valence-corrected chi connectivity index (χ4v) is 5.93. The molecule has 6 aromatic rings. The van der Waals surface area contributed by atoms with Gasteiger partial charge >= 0.3 is 8.16 Å². The molecule has 33 heavy (non-hydrogen) atoms. The number of fused-ring (bicyclic) bond motifs is 7. The molecule has 5 aromatic carbocycles. The van der Waals surface area contributed by atoms with Crippen LogP contribution in [-0.4, -0.2) is 7.05 Å². The molecule has 0 aliphatic carbocycles. The van der Waals surface area contributed by atoms with E-state index in [1.54, 1.807) is 0 Å². The van der Waals surface area contributed by atoms with Crippen LogP contribution in [0.4, 0.5) is 0 Å².